The first-order valence-corrected chi connectivity index (χ1v) is 11.3. The Morgan fingerprint density at radius 1 is 0.824 bits per heavy atom. The summed E-state index contributed by atoms with van der Waals surface area (Å²) in [5, 5.41) is 4.32. The molecule has 6 rings (SSSR count). The van der Waals surface area contributed by atoms with E-state index < -0.39 is 0 Å². The standard InChI is InChI=1S/C30H24N2O2/c1-20-17-22-9-3-6-12-27(22)31-32(28-13-7-4-10-23(28)18-21(2)33-20)24-15-16-30-26(19-24)25-11-5-8-14-29(25)34-30/h3-16,18-19,31H,1,17H2,2H3/b21-18-. The van der Waals surface area contributed by atoms with Gasteiger partial charge in [-0.25, -0.2) is 0 Å². The van der Waals surface area contributed by atoms with Gasteiger partial charge in [0.1, 0.15) is 22.7 Å². The first-order valence-electron chi connectivity index (χ1n) is 11.3. The molecule has 0 bridgehead atoms. The number of hydrazine groups is 1. The highest BCUT2D eigenvalue weighted by molar-refractivity contribution is 6.06. The molecule has 4 heteroatoms. The SMILES string of the molecule is C=C1Cc2ccccc2NN(c2ccc3oc4ccccc4c3c2)c2ccccc2/C=C(/C)O1. The van der Waals surface area contributed by atoms with Gasteiger partial charge < -0.3 is 9.15 Å². The van der Waals surface area contributed by atoms with Crippen molar-refractivity contribution in [1.82, 2.24) is 0 Å². The summed E-state index contributed by atoms with van der Waals surface area (Å²) in [6, 6.07) is 31.0. The molecule has 0 unspecified atom stereocenters. The molecule has 4 nitrogen and oxygen atoms in total. The third-order valence-corrected chi connectivity index (χ3v) is 6.10. The van der Waals surface area contributed by atoms with Crippen LogP contribution in [0.4, 0.5) is 17.1 Å². The lowest BCUT2D eigenvalue weighted by molar-refractivity contribution is 0.304. The van der Waals surface area contributed by atoms with Crippen LogP contribution in [0.2, 0.25) is 0 Å². The predicted molar refractivity (Wildman–Crippen MR) is 140 cm³/mol. The first-order chi connectivity index (χ1) is 16.7. The molecule has 1 aliphatic rings. The van der Waals surface area contributed by atoms with Crippen LogP contribution < -0.4 is 10.4 Å². The molecular weight excluding hydrogens is 420 g/mol. The number of rotatable bonds is 1. The van der Waals surface area contributed by atoms with Crippen LogP contribution in [0.3, 0.4) is 0 Å². The lowest BCUT2D eigenvalue weighted by atomic mass is 10.1. The van der Waals surface area contributed by atoms with Crippen LogP contribution in [-0.4, -0.2) is 0 Å². The van der Waals surface area contributed by atoms with Gasteiger partial charge in [-0.1, -0.05) is 61.2 Å². The van der Waals surface area contributed by atoms with Crippen LogP contribution in [0.5, 0.6) is 0 Å². The number of allylic oxidation sites excluding steroid dienone is 2. The van der Waals surface area contributed by atoms with Crippen molar-refractivity contribution >= 4 is 45.1 Å². The maximum atomic E-state index is 6.07. The number of nitrogens with one attached hydrogen (secondary N) is 1. The van der Waals surface area contributed by atoms with Crippen molar-refractivity contribution in [2.45, 2.75) is 13.3 Å². The second kappa shape index (κ2) is 8.16. The topological polar surface area (TPSA) is 37.6 Å². The van der Waals surface area contributed by atoms with Crippen molar-refractivity contribution in [3.05, 3.63) is 120 Å². The van der Waals surface area contributed by atoms with Crippen LogP contribution in [-0.2, 0) is 11.2 Å². The summed E-state index contributed by atoms with van der Waals surface area (Å²) in [5.74, 6) is 1.51. The van der Waals surface area contributed by atoms with Crippen molar-refractivity contribution in [2.75, 3.05) is 10.4 Å². The van der Waals surface area contributed by atoms with Crippen molar-refractivity contribution in [2.24, 2.45) is 0 Å². The molecule has 0 saturated carbocycles. The van der Waals surface area contributed by atoms with Gasteiger partial charge in [0.15, 0.2) is 0 Å². The van der Waals surface area contributed by atoms with Gasteiger partial charge in [0.2, 0.25) is 0 Å². The molecule has 0 radical (unpaired) electrons. The number of hydrogen-bond acceptors (Lipinski definition) is 4. The molecule has 4 aromatic carbocycles. The van der Waals surface area contributed by atoms with E-state index in [0.717, 1.165) is 55.9 Å². The number of fused-ring (bicyclic) bond motifs is 5. The summed E-state index contributed by atoms with van der Waals surface area (Å²) >= 11 is 0. The molecule has 1 aromatic heterocycles. The minimum atomic E-state index is 0.615. The Balaban J connectivity index is 1.58. The minimum absolute atomic E-state index is 0.615. The molecule has 0 aliphatic carbocycles. The number of ether oxygens (including phenoxy) is 1. The van der Waals surface area contributed by atoms with E-state index in [2.05, 4.69) is 65.6 Å². The van der Waals surface area contributed by atoms with Crippen LogP contribution in [0.15, 0.2) is 114 Å². The average molecular weight is 445 g/mol. The molecule has 0 saturated heterocycles. The molecule has 2 heterocycles. The van der Waals surface area contributed by atoms with Gasteiger partial charge in [0.25, 0.3) is 0 Å². The molecule has 166 valence electrons. The fourth-order valence-electron chi connectivity index (χ4n) is 4.56. The van der Waals surface area contributed by atoms with E-state index in [4.69, 9.17) is 9.15 Å². The maximum absolute atomic E-state index is 6.07. The lowest BCUT2D eigenvalue weighted by Gasteiger charge is -2.29. The number of benzene rings is 4. The molecule has 5 aromatic rings. The summed E-state index contributed by atoms with van der Waals surface area (Å²) in [6.07, 6.45) is 2.67. The molecule has 1 N–H and O–H groups in total. The Morgan fingerprint density at radius 2 is 1.59 bits per heavy atom. The van der Waals surface area contributed by atoms with Gasteiger partial charge in [-0.15, -0.1) is 0 Å². The number of para-hydroxylation sites is 3. The zero-order valence-electron chi connectivity index (χ0n) is 18.9. The summed E-state index contributed by atoms with van der Waals surface area (Å²) < 4.78 is 12.1. The molecule has 0 spiro atoms. The first kappa shape index (κ1) is 20.2. The van der Waals surface area contributed by atoms with E-state index in [-0.39, 0.29) is 0 Å². The third-order valence-electron chi connectivity index (χ3n) is 6.10. The predicted octanol–water partition coefficient (Wildman–Crippen LogP) is 8.20. The fourth-order valence-corrected chi connectivity index (χ4v) is 4.56. The Hall–Kier alpha value is -4.44. The Kier molecular flexibility index (Phi) is 4.84. The van der Waals surface area contributed by atoms with Crippen molar-refractivity contribution < 1.29 is 9.15 Å². The molecule has 0 amide bonds. The van der Waals surface area contributed by atoms with E-state index >= 15 is 0 Å². The number of furan rings is 1. The molecular formula is C30H24N2O2. The van der Waals surface area contributed by atoms with Gasteiger partial charge >= 0.3 is 0 Å². The van der Waals surface area contributed by atoms with E-state index in [1.165, 1.54) is 0 Å². The highest BCUT2D eigenvalue weighted by atomic mass is 16.5. The molecule has 1 aliphatic heterocycles. The normalized spacial score (nSPS) is 15.5. The van der Waals surface area contributed by atoms with E-state index in [1.54, 1.807) is 0 Å². The summed E-state index contributed by atoms with van der Waals surface area (Å²) in [7, 11) is 0. The maximum Gasteiger partial charge on any atom is 0.135 e. The highest BCUT2D eigenvalue weighted by Crippen LogP contribution is 2.37. The van der Waals surface area contributed by atoms with E-state index in [1.807, 2.05) is 55.5 Å². The van der Waals surface area contributed by atoms with Crippen LogP contribution in [0.25, 0.3) is 28.0 Å². The zero-order valence-corrected chi connectivity index (χ0v) is 18.9. The highest BCUT2D eigenvalue weighted by Gasteiger charge is 2.18. The van der Waals surface area contributed by atoms with Crippen molar-refractivity contribution in [3.63, 3.8) is 0 Å². The smallest absolute Gasteiger partial charge is 0.135 e. The number of anilines is 3. The van der Waals surface area contributed by atoms with Crippen LogP contribution in [0, 0.1) is 0 Å². The Bertz CT molecular complexity index is 1580. The largest absolute Gasteiger partial charge is 0.467 e. The molecule has 34 heavy (non-hydrogen) atoms. The van der Waals surface area contributed by atoms with Gasteiger partial charge in [-0.05, 0) is 55.0 Å². The summed E-state index contributed by atoms with van der Waals surface area (Å²) in [4.78, 5) is 0. The van der Waals surface area contributed by atoms with Gasteiger partial charge in [0.05, 0.1) is 17.1 Å². The summed E-state index contributed by atoms with van der Waals surface area (Å²) in [5.41, 5.74) is 10.6. The van der Waals surface area contributed by atoms with Gasteiger partial charge in [0, 0.05) is 22.8 Å². The monoisotopic (exact) mass is 444 g/mol. The fraction of sp³-hybridized carbons (Fsp3) is 0.0667. The molecule has 0 fully saturated rings. The number of hydrogen-bond donors (Lipinski definition) is 1. The van der Waals surface area contributed by atoms with E-state index in [9.17, 15) is 0 Å². The summed E-state index contributed by atoms with van der Waals surface area (Å²) in [6.45, 7) is 6.11. The second-order valence-corrected chi connectivity index (χ2v) is 8.51. The van der Waals surface area contributed by atoms with Crippen LogP contribution >= 0.6 is 0 Å². The lowest BCUT2D eigenvalue weighted by Crippen LogP contribution is -2.25. The number of nitrogens with zero attached hydrogens (tertiary/aromatic N) is 1. The Morgan fingerprint density at radius 3 is 2.53 bits per heavy atom. The second-order valence-electron chi connectivity index (χ2n) is 8.51. The zero-order chi connectivity index (χ0) is 23.1. The quantitative estimate of drug-likeness (QED) is 0.283. The van der Waals surface area contributed by atoms with Gasteiger partial charge in [-0.3, -0.25) is 10.4 Å². The van der Waals surface area contributed by atoms with Crippen molar-refractivity contribution in [1.29, 1.82) is 0 Å². The minimum Gasteiger partial charge on any atom is -0.467 e. The third kappa shape index (κ3) is 3.59. The van der Waals surface area contributed by atoms with Crippen LogP contribution in [0.1, 0.15) is 18.1 Å². The van der Waals surface area contributed by atoms with Gasteiger partial charge in [-0.2, -0.15) is 0 Å². The Labute approximate surface area is 198 Å². The van der Waals surface area contributed by atoms with E-state index in [0.29, 0.717) is 12.2 Å². The van der Waals surface area contributed by atoms with Crippen molar-refractivity contribution in [3.8, 4) is 0 Å². The average Bonchev–Trinajstić information content (AvgIpc) is 3.21. The molecule has 0 atom stereocenters.